The van der Waals surface area contributed by atoms with Crippen LogP contribution in [0.3, 0.4) is 0 Å². The quantitative estimate of drug-likeness (QED) is 0.169. The third-order valence-electron chi connectivity index (χ3n) is 13.8. The second-order valence-electron chi connectivity index (χ2n) is 17.7. The third kappa shape index (κ3) is 4.76. The van der Waals surface area contributed by atoms with Crippen LogP contribution in [0.15, 0.2) is 194 Å². The van der Waals surface area contributed by atoms with Gasteiger partial charge in [-0.15, -0.1) is 0 Å². The largest absolute Gasteiger partial charge is 0.310 e. The van der Waals surface area contributed by atoms with Gasteiger partial charge in [0.15, 0.2) is 0 Å². The maximum absolute atomic E-state index is 2.57. The highest BCUT2D eigenvalue weighted by Gasteiger charge is 2.41. The second kappa shape index (κ2) is 12.7. The first-order valence-electron chi connectivity index (χ1n) is 21.2. The molecule has 0 fully saturated rings. The van der Waals surface area contributed by atoms with Crippen LogP contribution in [0.25, 0.3) is 71.6 Å². The smallest absolute Gasteiger partial charge is 0.0543 e. The van der Waals surface area contributed by atoms with Crippen LogP contribution in [0.4, 0.5) is 17.1 Å². The van der Waals surface area contributed by atoms with E-state index in [-0.39, 0.29) is 10.8 Å². The lowest BCUT2D eigenvalue weighted by molar-refractivity contribution is 0.659. The Morgan fingerprint density at radius 2 is 0.933 bits per heavy atom. The number of aromatic nitrogens is 1. The molecule has 1 aromatic heterocycles. The molecule has 0 N–H and O–H groups in total. The van der Waals surface area contributed by atoms with Crippen molar-refractivity contribution in [3.8, 4) is 39.1 Å². The Hall–Kier alpha value is -7.16. The molecule has 9 aromatic carbocycles. The zero-order chi connectivity index (χ0) is 40.3. The van der Waals surface area contributed by atoms with Crippen molar-refractivity contribution >= 4 is 49.6 Å². The Balaban J connectivity index is 1.10. The number of fused-ring (bicyclic) bond motifs is 10. The second-order valence-corrected chi connectivity index (χ2v) is 17.7. The van der Waals surface area contributed by atoms with Crippen LogP contribution in [0.2, 0.25) is 0 Å². The zero-order valence-corrected chi connectivity index (χ0v) is 34.4. The summed E-state index contributed by atoms with van der Waals surface area (Å²) in [5.74, 6) is 0. The average Bonchev–Trinajstić information content (AvgIpc) is 3.84. The van der Waals surface area contributed by atoms with Crippen LogP contribution in [0.5, 0.6) is 0 Å². The van der Waals surface area contributed by atoms with Crippen LogP contribution in [-0.2, 0) is 10.8 Å². The van der Waals surface area contributed by atoms with Gasteiger partial charge in [-0.05, 0) is 97.9 Å². The van der Waals surface area contributed by atoms with E-state index in [0.29, 0.717) is 0 Å². The summed E-state index contributed by atoms with van der Waals surface area (Å²) >= 11 is 0. The van der Waals surface area contributed by atoms with Crippen molar-refractivity contribution in [2.75, 3.05) is 4.90 Å². The predicted octanol–water partition coefficient (Wildman–Crippen LogP) is 15.7. The van der Waals surface area contributed by atoms with E-state index in [9.17, 15) is 0 Å². The fraction of sp³-hybridized carbons (Fsp3) is 0.103. The molecular weight excluding hydrogens is 725 g/mol. The van der Waals surface area contributed by atoms with Gasteiger partial charge < -0.3 is 9.47 Å². The standard InChI is InChI=1S/C58H44N2/c1-57(2)48-28-12-8-25-46(48)55-49(57)29-17-32-53(55)59(54-33-16-26-45-41-21-7-11-27-47(41)58(3,4)56(45)54)38-19-15-18-37(36-38)39-34-35-52(42-22-6-5-20-40(39)42)60-50-30-13-9-23-43(50)44-24-10-14-31-51(44)60/h5-36H,1-4H3. The van der Waals surface area contributed by atoms with E-state index in [2.05, 4.69) is 231 Å². The minimum atomic E-state index is -0.202. The lowest BCUT2D eigenvalue weighted by Gasteiger charge is -2.34. The van der Waals surface area contributed by atoms with Crippen LogP contribution < -0.4 is 4.90 Å². The molecule has 12 rings (SSSR count). The Kier molecular flexibility index (Phi) is 7.36. The van der Waals surface area contributed by atoms with E-state index in [1.54, 1.807) is 0 Å². The van der Waals surface area contributed by atoms with Gasteiger partial charge in [-0.3, -0.25) is 0 Å². The highest BCUT2D eigenvalue weighted by Crippen LogP contribution is 2.58. The average molecular weight is 769 g/mol. The van der Waals surface area contributed by atoms with Crippen molar-refractivity contribution < 1.29 is 0 Å². The Bertz CT molecular complexity index is 3340. The van der Waals surface area contributed by atoms with Crippen molar-refractivity contribution in [3.63, 3.8) is 0 Å². The first kappa shape index (κ1) is 34.8. The molecule has 0 atom stereocenters. The molecule has 0 saturated carbocycles. The fourth-order valence-electron chi connectivity index (χ4n) is 11.1. The first-order chi connectivity index (χ1) is 29.3. The van der Waals surface area contributed by atoms with Crippen molar-refractivity contribution in [1.82, 2.24) is 4.57 Å². The van der Waals surface area contributed by atoms with E-state index in [0.717, 1.165) is 5.69 Å². The number of hydrogen-bond acceptors (Lipinski definition) is 1. The van der Waals surface area contributed by atoms with E-state index >= 15 is 0 Å². The molecule has 2 aliphatic carbocycles. The fourth-order valence-corrected chi connectivity index (χ4v) is 11.1. The van der Waals surface area contributed by atoms with Gasteiger partial charge in [0.2, 0.25) is 0 Å². The van der Waals surface area contributed by atoms with E-state index in [4.69, 9.17) is 0 Å². The summed E-state index contributed by atoms with van der Waals surface area (Å²) < 4.78 is 2.44. The summed E-state index contributed by atoms with van der Waals surface area (Å²) in [4.78, 5) is 2.57. The Labute approximate surface area is 351 Å². The summed E-state index contributed by atoms with van der Waals surface area (Å²) in [5.41, 5.74) is 20.0. The SMILES string of the molecule is CC1(C)c2ccccc2-c2c(N(c3cccc(-c4ccc(-n5c6ccccc6c6ccccc65)c5ccccc45)c3)c3cccc4c3C(C)(C)c3ccccc3-4)cccc21. The number of para-hydroxylation sites is 2. The molecule has 1 heterocycles. The molecule has 0 unspecified atom stereocenters. The number of hydrogen-bond donors (Lipinski definition) is 0. The molecule has 2 heteroatoms. The van der Waals surface area contributed by atoms with Crippen LogP contribution in [0, 0.1) is 0 Å². The molecule has 286 valence electrons. The van der Waals surface area contributed by atoms with Gasteiger partial charge in [0.25, 0.3) is 0 Å². The monoisotopic (exact) mass is 768 g/mol. The summed E-state index contributed by atoms with van der Waals surface area (Å²) in [6.45, 7) is 9.55. The molecule has 0 aliphatic heterocycles. The number of anilines is 3. The maximum atomic E-state index is 2.57. The predicted molar refractivity (Wildman–Crippen MR) is 254 cm³/mol. The molecule has 0 spiro atoms. The van der Waals surface area contributed by atoms with Gasteiger partial charge in [-0.1, -0.05) is 179 Å². The van der Waals surface area contributed by atoms with Crippen LogP contribution in [0.1, 0.15) is 49.9 Å². The van der Waals surface area contributed by atoms with E-state index < -0.39 is 0 Å². The summed E-state index contributed by atoms with van der Waals surface area (Å²) in [6.07, 6.45) is 0. The molecule has 0 bridgehead atoms. The highest BCUT2D eigenvalue weighted by molar-refractivity contribution is 6.12. The topological polar surface area (TPSA) is 8.17 Å². The summed E-state index contributed by atoms with van der Waals surface area (Å²) in [6, 6.07) is 72.3. The Morgan fingerprint density at radius 1 is 0.383 bits per heavy atom. The van der Waals surface area contributed by atoms with Crippen LogP contribution in [-0.4, -0.2) is 4.57 Å². The first-order valence-corrected chi connectivity index (χ1v) is 21.2. The minimum Gasteiger partial charge on any atom is -0.310 e. The van der Waals surface area contributed by atoms with E-state index in [1.807, 2.05) is 0 Å². The van der Waals surface area contributed by atoms with Crippen molar-refractivity contribution in [2.24, 2.45) is 0 Å². The van der Waals surface area contributed by atoms with Gasteiger partial charge in [0, 0.05) is 38.2 Å². The van der Waals surface area contributed by atoms with Gasteiger partial charge in [-0.2, -0.15) is 0 Å². The normalized spacial score (nSPS) is 14.3. The molecule has 0 radical (unpaired) electrons. The number of rotatable bonds is 5. The van der Waals surface area contributed by atoms with E-state index in [1.165, 1.54) is 105 Å². The highest BCUT2D eigenvalue weighted by atomic mass is 15.2. The van der Waals surface area contributed by atoms with Crippen molar-refractivity contribution in [2.45, 2.75) is 38.5 Å². The molecule has 10 aromatic rings. The lowest BCUT2D eigenvalue weighted by Crippen LogP contribution is -2.21. The number of benzene rings is 9. The molecule has 0 saturated heterocycles. The lowest BCUT2D eigenvalue weighted by atomic mass is 9.81. The van der Waals surface area contributed by atoms with Crippen LogP contribution >= 0.6 is 0 Å². The van der Waals surface area contributed by atoms with Crippen molar-refractivity contribution in [1.29, 1.82) is 0 Å². The molecule has 2 aliphatic rings. The minimum absolute atomic E-state index is 0.124. The third-order valence-corrected chi connectivity index (χ3v) is 13.8. The van der Waals surface area contributed by atoms with Gasteiger partial charge in [0.1, 0.15) is 0 Å². The van der Waals surface area contributed by atoms with Gasteiger partial charge in [0.05, 0.1) is 28.1 Å². The zero-order valence-electron chi connectivity index (χ0n) is 34.4. The van der Waals surface area contributed by atoms with Gasteiger partial charge in [-0.25, -0.2) is 0 Å². The molecule has 0 amide bonds. The maximum Gasteiger partial charge on any atom is 0.0543 e. The molecule has 2 nitrogen and oxygen atoms in total. The summed E-state index contributed by atoms with van der Waals surface area (Å²) in [5, 5.41) is 5.00. The summed E-state index contributed by atoms with van der Waals surface area (Å²) in [7, 11) is 0. The molecular formula is C58H44N2. The Morgan fingerprint density at radius 3 is 1.68 bits per heavy atom. The van der Waals surface area contributed by atoms with Gasteiger partial charge >= 0.3 is 0 Å². The molecule has 60 heavy (non-hydrogen) atoms. The van der Waals surface area contributed by atoms with Crippen molar-refractivity contribution in [3.05, 3.63) is 216 Å². The number of nitrogens with zero attached hydrogens (tertiary/aromatic N) is 2.